The fourth-order valence-electron chi connectivity index (χ4n) is 2.25. The van der Waals surface area contributed by atoms with E-state index in [9.17, 15) is 18.8 Å². The van der Waals surface area contributed by atoms with E-state index in [1.165, 1.54) is 16.7 Å². The number of benzene rings is 2. The minimum absolute atomic E-state index is 0.195. The minimum Gasteiger partial charge on any atom is -0.306 e. The number of hydrogen-bond donors (Lipinski definition) is 3. The molecule has 3 N–H and O–H groups in total. The van der Waals surface area contributed by atoms with Crippen molar-refractivity contribution in [2.75, 3.05) is 0 Å². The second-order valence-electron chi connectivity index (χ2n) is 5.04. The topological polar surface area (TPSA) is 96.0 Å². The van der Waals surface area contributed by atoms with Crippen LogP contribution in [0.25, 0.3) is 11.0 Å². The number of hydrazine groups is 1. The SMILES string of the molecule is O=C(Cn1c(=O)[nH]c2ccccc21)NNC(=O)c1ccc(F)cc1. The van der Waals surface area contributed by atoms with E-state index >= 15 is 0 Å². The Bertz CT molecular complexity index is 959. The predicted molar refractivity (Wildman–Crippen MR) is 84.6 cm³/mol. The Balaban J connectivity index is 1.65. The zero-order valence-corrected chi connectivity index (χ0v) is 12.4. The van der Waals surface area contributed by atoms with Crippen LogP contribution in [-0.2, 0) is 11.3 Å². The first-order valence-electron chi connectivity index (χ1n) is 7.07. The number of fused-ring (bicyclic) bond motifs is 1. The first-order chi connectivity index (χ1) is 11.5. The van der Waals surface area contributed by atoms with Crippen LogP contribution in [0.2, 0.25) is 0 Å². The van der Waals surface area contributed by atoms with Gasteiger partial charge in [0.1, 0.15) is 12.4 Å². The second kappa shape index (κ2) is 6.37. The maximum Gasteiger partial charge on any atom is 0.326 e. The summed E-state index contributed by atoms with van der Waals surface area (Å²) in [5.41, 5.74) is 5.41. The van der Waals surface area contributed by atoms with E-state index in [0.717, 1.165) is 12.1 Å². The predicted octanol–water partition coefficient (Wildman–Crippen LogP) is 0.930. The molecule has 0 saturated heterocycles. The molecule has 0 spiro atoms. The smallest absolute Gasteiger partial charge is 0.306 e. The largest absolute Gasteiger partial charge is 0.326 e. The molecule has 0 saturated carbocycles. The van der Waals surface area contributed by atoms with Crippen molar-refractivity contribution in [3.8, 4) is 0 Å². The molecule has 0 aliphatic heterocycles. The van der Waals surface area contributed by atoms with Gasteiger partial charge in [0.25, 0.3) is 11.8 Å². The summed E-state index contributed by atoms with van der Waals surface area (Å²) in [5.74, 6) is -1.62. The Morgan fingerprint density at radius 2 is 1.75 bits per heavy atom. The molecule has 0 fully saturated rings. The average Bonchev–Trinajstić information content (AvgIpc) is 2.89. The van der Waals surface area contributed by atoms with Crippen LogP contribution in [0.15, 0.2) is 53.3 Å². The lowest BCUT2D eigenvalue weighted by Gasteiger charge is -2.08. The number of hydrogen-bond acceptors (Lipinski definition) is 3. The summed E-state index contributed by atoms with van der Waals surface area (Å²) in [5, 5.41) is 0. The standard InChI is InChI=1S/C16H13FN4O3/c17-11-7-5-10(6-8-11)15(23)20-19-14(22)9-21-13-4-2-1-3-12(13)18-16(21)24/h1-8H,9H2,(H,18,24)(H,19,22)(H,20,23). The van der Waals surface area contributed by atoms with Crippen molar-refractivity contribution in [2.45, 2.75) is 6.54 Å². The first kappa shape index (κ1) is 15.5. The fourth-order valence-corrected chi connectivity index (χ4v) is 2.25. The number of carbonyl (C=O) groups excluding carboxylic acids is 2. The molecule has 24 heavy (non-hydrogen) atoms. The quantitative estimate of drug-likeness (QED) is 0.624. The van der Waals surface area contributed by atoms with E-state index in [0.29, 0.717) is 11.0 Å². The molecule has 7 nitrogen and oxygen atoms in total. The van der Waals surface area contributed by atoms with Crippen molar-refractivity contribution < 1.29 is 14.0 Å². The van der Waals surface area contributed by atoms with Gasteiger partial charge in [0, 0.05) is 5.56 Å². The van der Waals surface area contributed by atoms with Crippen LogP contribution in [0.4, 0.5) is 4.39 Å². The first-order valence-corrected chi connectivity index (χ1v) is 7.07. The number of H-pyrrole nitrogens is 1. The van der Waals surface area contributed by atoms with Gasteiger partial charge in [-0.2, -0.15) is 0 Å². The van der Waals surface area contributed by atoms with Crippen molar-refractivity contribution in [1.29, 1.82) is 0 Å². The number of carbonyl (C=O) groups is 2. The lowest BCUT2D eigenvalue weighted by atomic mass is 10.2. The fraction of sp³-hybridized carbons (Fsp3) is 0.0625. The molecule has 2 aromatic carbocycles. The monoisotopic (exact) mass is 328 g/mol. The highest BCUT2D eigenvalue weighted by molar-refractivity contribution is 5.95. The van der Waals surface area contributed by atoms with Gasteiger partial charge in [-0.15, -0.1) is 0 Å². The van der Waals surface area contributed by atoms with Crippen molar-refractivity contribution >= 4 is 22.8 Å². The Morgan fingerprint density at radius 3 is 2.50 bits per heavy atom. The summed E-state index contributed by atoms with van der Waals surface area (Å²) in [6.07, 6.45) is 0. The normalized spacial score (nSPS) is 10.5. The molecule has 0 aliphatic carbocycles. The number of nitrogens with zero attached hydrogens (tertiary/aromatic N) is 1. The van der Waals surface area contributed by atoms with Gasteiger partial charge in [-0.05, 0) is 36.4 Å². The minimum atomic E-state index is -0.588. The van der Waals surface area contributed by atoms with E-state index in [1.807, 2.05) is 0 Å². The van der Waals surface area contributed by atoms with Crippen LogP contribution in [0.3, 0.4) is 0 Å². The summed E-state index contributed by atoms with van der Waals surface area (Å²) in [6, 6.07) is 11.8. The number of amides is 2. The number of para-hydroxylation sites is 2. The molecule has 0 radical (unpaired) electrons. The highest BCUT2D eigenvalue weighted by Gasteiger charge is 2.11. The van der Waals surface area contributed by atoms with E-state index in [-0.39, 0.29) is 12.1 Å². The molecule has 0 unspecified atom stereocenters. The molecule has 3 rings (SSSR count). The number of nitrogens with one attached hydrogen (secondary N) is 3. The Labute approximate surface area is 135 Å². The second-order valence-corrected chi connectivity index (χ2v) is 5.04. The molecular weight excluding hydrogens is 315 g/mol. The molecule has 122 valence electrons. The molecule has 0 atom stereocenters. The third-order valence-corrected chi connectivity index (χ3v) is 3.41. The van der Waals surface area contributed by atoms with E-state index in [4.69, 9.17) is 0 Å². The van der Waals surface area contributed by atoms with Crippen LogP contribution < -0.4 is 16.5 Å². The average molecular weight is 328 g/mol. The van der Waals surface area contributed by atoms with Crippen LogP contribution in [-0.4, -0.2) is 21.4 Å². The van der Waals surface area contributed by atoms with Crippen molar-refractivity contribution in [3.05, 3.63) is 70.4 Å². The van der Waals surface area contributed by atoms with E-state index in [2.05, 4.69) is 15.8 Å². The molecule has 8 heteroatoms. The zero-order valence-electron chi connectivity index (χ0n) is 12.4. The Hall–Kier alpha value is -3.42. The van der Waals surface area contributed by atoms with Gasteiger partial charge < -0.3 is 4.98 Å². The number of rotatable bonds is 3. The van der Waals surface area contributed by atoms with Gasteiger partial charge in [0.2, 0.25) is 0 Å². The number of halogens is 1. The van der Waals surface area contributed by atoms with E-state index in [1.54, 1.807) is 24.3 Å². The van der Waals surface area contributed by atoms with Crippen molar-refractivity contribution in [2.24, 2.45) is 0 Å². The Morgan fingerprint density at radius 1 is 1.04 bits per heavy atom. The highest BCUT2D eigenvalue weighted by atomic mass is 19.1. The van der Waals surface area contributed by atoms with Gasteiger partial charge in [-0.1, -0.05) is 12.1 Å². The number of imidazole rings is 1. The number of aromatic nitrogens is 2. The van der Waals surface area contributed by atoms with Crippen LogP contribution >= 0.6 is 0 Å². The summed E-state index contributed by atoms with van der Waals surface area (Å²) >= 11 is 0. The molecule has 3 aromatic rings. The van der Waals surface area contributed by atoms with Crippen LogP contribution in [0, 0.1) is 5.82 Å². The molecule has 2 amide bonds. The lowest BCUT2D eigenvalue weighted by molar-refractivity contribution is -0.122. The summed E-state index contributed by atoms with van der Waals surface area (Å²) < 4.78 is 14.1. The van der Waals surface area contributed by atoms with Gasteiger partial charge in [0.05, 0.1) is 11.0 Å². The summed E-state index contributed by atoms with van der Waals surface area (Å²) in [4.78, 5) is 38.3. The molecule has 1 heterocycles. The zero-order chi connectivity index (χ0) is 17.1. The molecule has 1 aromatic heterocycles. The molecular formula is C16H13FN4O3. The summed E-state index contributed by atoms with van der Waals surface area (Å²) in [6.45, 7) is -0.257. The number of aromatic amines is 1. The highest BCUT2D eigenvalue weighted by Crippen LogP contribution is 2.08. The van der Waals surface area contributed by atoms with Crippen LogP contribution in [0.1, 0.15) is 10.4 Å². The third-order valence-electron chi connectivity index (χ3n) is 3.41. The maximum absolute atomic E-state index is 12.8. The third kappa shape index (κ3) is 3.17. The van der Waals surface area contributed by atoms with Gasteiger partial charge in [-0.25, -0.2) is 9.18 Å². The maximum atomic E-state index is 12.8. The van der Waals surface area contributed by atoms with Crippen LogP contribution in [0.5, 0.6) is 0 Å². The van der Waals surface area contributed by atoms with Gasteiger partial charge >= 0.3 is 5.69 Å². The van der Waals surface area contributed by atoms with Gasteiger partial charge in [0.15, 0.2) is 0 Å². The Kier molecular flexibility index (Phi) is 4.11. The van der Waals surface area contributed by atoms with Crippen molar-refractivity contribution in [1.82, 2.24) is 20.4 Å². The van der Waals surface area contributed by atoms with Gasteiger partial charge in [-0.3, -0.25) is 25.0 Å². The molecule has 0 aliphatic rings. The van der Waals surface area contributed by atoms with E-state index < -0.39 is 23.3 Å². The lowest BCUT2D eigenvalue weighted by Crippen LogP contribution is -2.44. The summed E-state index contributed by atoms with van der Waals surface area (Å²) in [7, 11) is 0. The molecule has 0 bridgehead atoms. The van der Waals surface area contributed by atoms with Crippen molar-refractivity contribution in [3.63, 3.8) is 0 Å².